The first-order valence-electron chi connectivity index (χ1n) is 11.6. The number of aryl methyl sites for hydroxylation is 1. The molecule has 36 heavy (non-hydrogen) atoms. The highest BCUT2D eigenvalue weighted by atomic mass is 35.5. The molecule has 2 aliphatic rings. The summed E-state index contributed by atoms with van der Waals surface area (Å²) in [6, 6.07) is 9.28. The van der Waals surface area contributed by atoms with Crippen molar-refractivity contribution in [1.29, 1.82) is 0 Å². The van der Waals surface area contributed by atoms with Gasteiger partial charge in [0.25, 0.3) is 11.9 Å². The zero-order valence-electron chi connectivity index (χ0n) is 19.8. The van der Waals surface area contributed by atoms with E-state index in [0.29, 0.717) is 67.1 Å². The highest BCUT2D eigenvalue weighted by Gasteiger charge is 2.41. The minimum absolute atomic E-state index is 0.176. The van der Waals surface area contributed by atoms with Crippen molar-refractivity contribution in [1.82, 2.24) is 14.9 Å². The SMILES string of the molecule is Cc1ccc2oc(N3CCN(C(=O)c4ccc(N5CC(OC(C)C(F)(F)F)C5)cc4Cl)CC3)nc2n1. The minimum Gasteiger partial charge on any atom is -0.422 e. The van der Waals surface area contributed by atoms with Gasteiger partial charge in [-0.05, 0) is 44.2 Å². The Kier molecular flexibility index (Phi) is 6.46. The first-order chi connectivity index (χ1) is 17.1. The number of benzene rings is 1. The third-order valence-corrected chi connectivity index (χ3v) is 6.79. The number of hydrogen-bond donors (Lipinski definition) is 0. The molecule has 192 valence electrons. The summed E-state index contributed by atoms with van der Waals surface area (Å²) < 4.78 is 48.9. The number of halogens is 4. The van der Waals surface area contributed by atoms with Crippen LogP contribution in [0.4, 0.5) is 24.9 Å². The van der Waals surface area contributed by atoms with Gasteiger partial charge in [-0.3, -0.25) is 4.79 Å². The molecule has 0 aliphatic carbocycles. The number of carbonyl (C=O) groups excluding carboxylic acids is 1. The molecule has 0 radical (unpaired) electrons. The van der Waals surface area contributed by atoms with Crippen LogP contribution >= 0.6 is 11.6 Å². The minimum atomic E-state index is -4.38. The third kappa shape index (κ3) is 4.94. The number of rotatable bonds is 5. The summed E-state index contributed by atoms with van der Waals surface area (Å²) in [6.07, 6.45) is -6.69. The fourth-order valence-electron chi connectivity index (χ4n) is 4.28. The lowest BCUT2D eigenvalue weighted by Gasteiger charge is -2.42. The molecule has 3 aromatic rings. The number of oxazole rings is 1. The van der Waals surface area contributed by atoms with E-state index in [2.05, 4.69) is 9.97 Å². The van der Waals surface area contributed by atoms with Crippen molar-refractivity contribution >= 4 is 40.4 Å². The van der Waals surface area contributed by atoms with Gasteiger partial charge in [0, 0.05) is 50.6 Å². The number of amides is 1. The molecule has 2 aromatic heterocycles. The number of anilines is 2. The van der Waals surface area contributed by atoms with E-state index in [0.717, 1.165) is 18.3 Å². The largest absolute Gasteiger partial charge is 0.422 e. The van der Waals surface area contributed by atoms with E-state index < -0.39 is 18.4 Å². The van der Waals surface area contributed by atoms with Crippen molar-refractivity contribution in [2.45, 2.75) is 32.2 Å². The van der Waals surface area contributed by atoms with Crippen molar-refractivity contribution in [2.75, 3.05) is 49.1 Å². The summed E-state index contributed by atoms with van der Waals surface area (Å²) in [5, 5.41) is 0.299. The zero-order chi connectivity index (χ0) is 25.6. The number of hydrogen-bond acceptors (Lipinski definition) is 7. The Balaban J connectivity index is 1.17. The summed E-state index contributed by atoms with van der Waals surface area (Å²) in [6.45, 7) is 5.62. The number of alkyl halides is 3. The average Bonchev–Trinajstić information content (AvgIpc) is 3.23. The number of aromatic nitrogens is 2. The quantitative estimate of drug-likeness (QED) is 0.493. The van der Waals surface area contributed by atoms with Crippen LogP contribution in [0.2, 0.25) is 5.02 Å². The van der Waals surface area contributed by atoms with E-state index in [1.807, 2.05) is 28.9 Å². The Morgan fingerprint density at radius 2 is 1.83 bits per heavy atom. The smallest absolute Gasteiger partial charge is 0.414 e. The van der Waals surface area contributed by atoms with Gasteiger partial charge in [0.2, 0.25) is 5.65 Å². The van der Waals surface area contributed by atoms with Gasteiger partial charge in [-0.1, -0.05) is 11.6 Å². The van der Waals surface area contributed by atoms with E-state index in [4.69, 9.17) is 20.8 Å². The van der Waals surface area contributed by atoms with Gasteiger partial charge in [-0.2, -0.15) is 18.2 Å². The second kappa shape index (κ2) is 9.44. The molecule has 2 aliphatic heterocycles. The predicted molar refractivity (Wildman–Crippen MR) is 129 cm³/mol. The fourth-order valence-corrected chi connectivity index (χ4v) is 4.54. The van der Waals surface area contributed by atoms with Gasteiger partial charge in [0.05, 0.1) is 16.7 Å². The molecule has 8 nitrogen and oxygen atoms in total. The first kappa shape index (κ1) is 24.6. The average molecular weight is 524 g/mol. The maximum absolute atomic E-state index is 13.1. The summed E-state index contributed by atoms with van der Waals surface area (Å²) in [5.74, 6) is -0.176. The number of fused-ring (bicyclic) bond motifs is 1. The fraction of sp³-hybridized carbons (Fsp3) is 0.458. The lowest BCUT2D eigenvalue weighted by molar-refractivity contribution is -0.228. The molecule has 1 amide bonds. The van der Waals surface area contributed by atoms with Crippen LogP contribution in [0, 0.1) is 6.92 Å². The van der Waals surface area contributed by atoms with Gasteiger partial charge < -0.3 is 23.9 Å². The van der Waals surface area contributed by atoms with Gasteiger partial charge in [0.1, 0.15) is 0 Å². The van der Waals surface area contributed by atoms with E-state index in [-0.39, 0.29) is 5.91 Å². The third-order valence-electron chi connectivity index (χ3n) is 6.47. The molecular formula is C24H25ClF3N5O3. The van der Waals surface area contributed by atoms with Crippen LogP contribution in [0.5, 0.6) is 0 Å². The Bertz CT molecular complexity index is 1270. The van der Waals surface area contributed by atoms with Gasteiger partial charge in [0.15, 0.2) is 11.7 Å². The summed E-state index contributed by atoms with van der Waals surface area (Å²) in [7, 11) is 0. The molecular weight excluding hydrogens is 499 g/mol. The number of carbonyl (C=O) groups is 1. The van der Waals surface area contributed by atoms with Gasteiger partial charge in [-0.15, -0.1) is 0 Å². The van der Waals surface area contributed by atoms with Crippen LogP contribution in [-0.4, -0.2) is 78.4 Å². The highest BCUT2D eigenvalue weighted by molar-refractivity contribution is 6.34. The van der Waals surface area contributed by atoms with Crippen LogP contribution < -0.4 is 9.80 Å². The Hall–Kier alpha value is -3.05. The molecule has 1 atom stereocenters. The molecule has 1 aromatic carbocycles. The maximum Gasteiger partial charge on any atom is 0.414 e. The first-order valence-corrected chi connectivity index (χ1v) is 12.0. The lowest BCUT2D eigenvalue weighted by atomic mass is 10.1. The van der Waals surface area contributed by atoms with Gasteiger partial charge >= 0.3 is 6.18 Å². The predicted octanol–water partition coefficient (Wildman–Crippen LogP) is 4.30. The van der Waals surface area contributed by atoms with Crippen molar-refractivity contribution in [3.63, 3.8) is 0 Å². The topological polar surface area (TPSA) is 74.9 Å². The number of nitrogens with zero attached hydrogens (tertiary/aromatic N) is 5. The lowest BCUT2D eigenvalue weighted by Crippen LogP contribution is -2.54. The monoisotopic (exact) mass is 523 g/mol. The second-order valence-corrected chi connectivity index (χ2v) is 9.47. The van der Waals surface area contributed by atoms with Crippen molar-refractivity contribution in [2.24, 2.45) is 0 Å². The zero-order valence-corrected chi connectivity index (χ0v) is 20.5. The molecule has 0 saturated carbocycles. The second-order valence-electron chi connectivity index (χ2n) is 9.06. The summed E-state index contributed by atoms with van der Waals surface area (Å²) >= 11 is 6.44. The van der Waals surface area contributed by atoms with Crippen molar-refractivity contribution < 1.29 is 27.1 Å². The Morgan fingerprint density at radius 1 is 1.11 bits per heavy atom. The summed E-state index contributed by atoms with van der Waals surface area (Å²) in [4.78, 5) is 27.5. The maximum atomic E-state index is 13.1. The molecule has 2 saturated heterocycles. The normalized spacial score (nSPS) is 18.0. The molecule has 5 rings (SSSR count). The Labute approximate surface area is 210 Å². The number of piperazine rings is 1. The highest BCUT2D eigenvalue weighted by Crippen LogP contribution is 2.31. The van der Waals surface area contributed by atoms with E-state index in [1.165, 1.54) is 0 Å². The molecule has 12 heteroatoms. The summed E-state index contributed by atoms with van der Waals surface area (Å²) in [5.41, 5.74) is 3.16. The molecule has 0 spiro atoms. The molecule has 0 N–H and O–H groups in total. The van der Waals surface area contributed by atoms with Crippen molar-refractivity contribution in [3.8, 4) is 0 Å². The number of pyridine rings is 1. The Morgan fingerprint density at radius 3 is 2.50 bits per heavy atom. The molecule has 1 unspecified atom stereocenters. The number of ether oxygens (including phenoxy) is 1. The van der Waals surface area contributed by atoms with Gasteiger partial charge in [-0.25, -0.2) is 4.98 Å². The van der Waals surface area contributed by atoms with E-state index >= 15 is 0 Å². The van der Waals surface area contributed by atoms with Crippen LogP contribution in [0.25, 0.3) is 11.2 Å². The standard InChI is InChI=1S/C24H25ClF3N5O3/c1-14-3-6-20-21(29-14)30-23(36-20)32-9-7-31(8-10-32)22(34)18-5-4-16(11-19(18)25)33-12-17(13-33)35-15(2)24(26,27)28/h3-6,11,15,17H,7-10,12-13H2,1-2H3. The van der Waals surface area contributed by atoms with Crippen LogP contribution in [0.15, 0.2) is 34.7 Å². The van der Waals surface area contributed by atoms with Crippen molar-refractivity contribution in [3.05, 3.63) is 46.6 Å². The van der Waals surface area contributed by atoms with Crippen LogP contribution in [0.3, 0.4) is 0 Å². The van der Waals surface area contributed by atoms with E-state index in [1.54, 1.807) is 23.1 Å². The molecule has 4 heterocycles. The molecule has 0 bridgehead atoms. The van der Waals surface area contributed by atoms with E-state index in [9.17, 15) is 18.0 Å². The van der Waals surface area contributed by atoms with Crippen LogP contribution in [-0.2, 0) is 4.74 Å². The molecule has 2 fully saturated rings. The van der Waals surface area contributed by atoms with Crippen LogP contribution in [0.1, 0.15) is 23.0 Å².